The summed E-state index contributed by atoms with van der Waals surface area (Å²) in [5, 5.41) is 121. The fourth-order valence-electron chi connectivity index (χ4n) is 12.5. The van der Waals surface area contributed by atoms with Gasteiger partial charge in [-0.2, -0.15) is 0 Å². The smallest absolute Gasteiger partial charge is 0.220 e. The molecule has 3 fully saturated rings. The Bertz CT molecular complexity index is 2020. The highest BCUT2D eigenvalue weighted by atomic mass is 16.8. The van der Waals surface area contributed by atoms with Crippen LogP contribution in [0.5, 0.6) is 0 Å². The van der Waals surface area contributed by atoms with Gasteiger partial charge in [0.2, 0.25) is 5.91 Å². The Balaban J connectivity index is 1.35. The molecule has 19 nitrogen and oxygen atoms in total. The van der Waals surface area contributed by atoms with Crippen LogP contribution in [0.2, 0.25) is 0 Å². The van der Waals surface area contributed by atoms with Gasteiger partial charge in [0, 0.05) is 6.42 Å². The number of nitrogens with one attached hydrogen (secondary N) is 1. The third-order valence-corrected chi connectivity index (χ3v) is 18.7. The largest absolute Gasteiger partial charge is 0.394 e. The first-order valence-electron chi connectivity index (χ1n) is 38.2. The van der Waals surface area contributed by atoms with Crippen molar-refractivity contribution in [3.05, 3.63) is 72.9 Å². The van der Waals surface area contributed by atoms with Crippen molar-refractivity contribution < 1.29 is 89.4 Å². The van der Waals surface area contributed by atoms with E-state index in [-0.39, 0.29) is 18.9 Å². The highest BCUT2D eigenvalue weighted by molar-refractivity contribution is 5.76. The quantitative estimate of drug-likeness (QED) is 0.0199. The van der Waals surface area contributed by atoms with Crippen LogP contribution in [0.4, 0.5) is 0 Å². The predicted octanol–water partition coefficient (Wildman–Crippen LogP) is 11.7. The number of carbonyl (C=O) groups excluding carboxylic acids is 1. The van der Waals surface area contributed by atoms with Gasteiger partial charge in [0.05, 0.1) is 38.6 Å². The normalized spacial score (nSPS) is 27.4. The van der Waals surface area contributed by atoms with E-state index < -0.39 is 124 Å². The molecular weight excluding hydrogens is 1230 g/mol. The van der Waals surface area contributed by atoms with Crippen LogP contribution in [-0.2, 0) is 33.2 Å². The number of rotatable bonds is 59. The Morgan fingerprint density at radius 2 is 0.698 bits per heavy atom. The van der Waals surface area contributed by atoms with Crippen LogP contribution in [0.15, 0.2) is 72.9 Å². The zero-order valence-electron chi connectivity index (χ0n) is 59.3. The van der Waals surface area contributed by atoms with E-state index in [4.69, 9.17) is 28.4 Å². The summed E-state index contributed by atoms with van der Waals surface area (Å²) in [6.07, 6.45) is 47.6. The molecule has 3 rings (SSSR count). The number of allylic oxidation sites excluding steroid dienone is 11. The van der Waals surface area contributed by atoms with Crippen molar-refractivity contribution >= 4 is 5.91 Å². The molecule has 96 heavy (non-hydrogen) atoms. The van der Waals surface area contributed by atoms with Gasteiger partial charge >= 0.3 is 0 Å². The van der Waals surface area contributed by atoms with E-state index in [1.807, 2.05) is 6.08 Å². The van der Waals surface area contributed by atoms with Crippen LogP contribution in [0.25, 0.3) is 0 Å². The summed E-state index contributed by atoms with van der Waals surface area (Å²) in [4.78, 5) is 13.4. The Morgan fingerprint density at radius 1 is 0.375 bits per heavy atom. The summed E-state index contributed by atoms with van der Waals surface area (Å²) in [7, 11) is 0. The fraction of sp³-hybridized carbons (Fsp3) is 0.831. The van der Waals surface area contributed by atoms with Gasteiger partial charge in [-0.15, -0.1) is 0 Å². The molecule has 3 saturated heterocycles. The summed E-state index contributed by atoms with van der Waals surface area (Å²) in [5.74, 6) is -0.288. The predicted molar refractivity (Wildman–Crippen MR) is 378 cm³/mol. The molecule has 17 atom stereocenters. The van der Waals surface area contributed by atoms with Gasteiger partial charge in [0.1, 0.15) is 73.2 Å². The van der Waals surface area contributed by atoms with Crippen LogP contribution in [0, 0.1) is 0 Å². The van der Waals surface area contributed by atoms with Crippen molar-refractivity contribution in [2.45, 2.75) is 381 Å². The number of aliphatic hydroxyl groups excluding tert-OH is 11. The maximum absolute atomic E-state index is 13.4. The molecule has 3 heterocycles. The molecule has 0 aliphatic carbocycles. The highest BCUT2D eigenvalue weighted by Crippen LogP contribution is 2.33. The second-order valence-corrected chi connectivity index (χ2v) is 27.1. The third kappa shape index (κ3) is 38.3. The van der Waals surface area contributed by atoms with Gasteiger partial charge in [-0.25, -0.2) is 0 Å². The van der Waals surface area contributed by atoms with E-state index in [0.29, 0.717) is 12.8 Å². The number of hydrogen-bond acceptors (Lipinski definition) is 18. The number of amides is 1. The van der Waals surface area contributed by atoms with Crippen molar-refractivity contribution in [2.24, 2.45) is 0 Å². The second kappa shape index (κ2) is 57.8. The van der Waals surface area contributed by atoms with Gasteiger partial charge in [0.25, 0.3) is 0 Å². The molecule has 3 aliphatic rings. The van der Waals surface area contributed by atoms with Gasteiger partial charge in [-0.1, -0.05) is 260 Å². The molecule has 558 valence electrons. The summed E-state index contributed by atoms with van der Waals surface area (Å²) in [6, 6.07) is -0.998. The lowest BCUT2D eigenvalue weighted by Crippen LogP contribution is -2.66. The summed E-state index contributed by atoms with van der Waals surface area (Å²) in [6.45, 7) is 1.69. The average Bonchev–Trinajstić information content (AvgIpc) is 0.798. The van der Waals surface area contributed by atoms with Gasteiger partial charge in [0.15, 0.2) is 18.9 Å². The van der Waals surface area contributed by atoms with Crippen molar-refractivity contribution in [3.63, 3.8) is 0 Å². The molecule has 0 bridgehead atoms. The number of unbranched alkanes of at least 4 members (excludes halogenated alkanes) is 33. The van der Waals surface area contributed by atoms with Crippen molar-refractivity contribution in [3.8, 4) is 0 Å². The van der Waals surface area contributed by atoms with Gasteiger partial charge in [-0.05, 0) is 83.5 Å². The molecule has 0 aromatic rings. The van der Waals surface area contributed by atoms with Crippen LogP contribution in [0.3, 0.4) is 0 Å². The van der Waals surface area contributed by atoms with Crippen LogP contribution >= 0.6 is 0 Å². The van der Waals surface area contributed by atoms with E-state index in [2.05, 4.69) is 79.9 Å². The average molecular weight is 1360 g/mol. The molecule has 0 saturated carbocycles. The fourth-order valence-corrected chi connectivity index (χ4v) is 12.5. The van der Waals surface area contributed by atoms with Gasteiger partial charge < -0.3 is 89.9 Å². The molecule has 12 N–H and O–H groups in total. The van der Waals surface area contributed by atoms with Gasteiger partial charge in [-0.3, -0.25) is 4.79 Å². The summed E-state index contributed by atoms with van der Waals surface area (Å²) < 4.78 is 34.3. The zero-order valence-corrected chi connectivity index (χ0v) is 59.3. The first-order valence-corrected chi connectivity index (χ1v) is 38.2. The molecule has 3 aliphatic heterocycles. The van der Waals surface area contributed by atoms with Crippen molar-refractivity contribution in [1.29, 1.82) is 0 Å². The van der Waals surface area contributed by atoms with Crippen molar-refractivity contribution in [1.82, 2.24) is 5.32 Å². The SMILES string of the molecule is CCCCCCC/C=C\C/C=C\C/C=C\CCCCCCCCCCCCCCCCCCCCCCC(=O)NC(COC1OC(CO)C(OC2OC(CO)C(OC3OC(CO)C(O)C(O)C3O)C(O)C2O)C(O)C1O)C(O)/C=C/CC/C=C/CC/C=C/CCCCCCCC. The number of ether oxygens (including phenoxy) is 6. The molecular formula is C77H137NO18. The summed E-state index contributed by atoms with van der Waals surface area (Å²) in [5.41, 5.74) is 0. The van der Waals surface area contributed by atoms with Crippen molar-refractivity contribution in [2.75, 3.05) is 26.4 Å². The topological polar surface area (TPSA) is 307 Å². The standard InChI is InChI=1S/C77H137NO18/c1-3-5-7-9-11-13-15-17-19-21-22-23-24-25-26-27-28-29-30-31-32-33-34-35-36-37-38-39-41-43-45-47-49-51-53-55-65(83)78-60(61(82)54-52-50-48-46-44-42-40-20-18-16-14-12-10-8-6-4-2)59-91-75-71(89)68(86)73(63(57-80)93-75)96-77-72(90)69(87)74(64(58-81)94-77)95-76-70(88)67(85)66(84)62(56-79)92-76/h15,17-18,20-22,24-25,44,46,52,54,60-64,66-77,79-82,84-90H,3-14,16,19,23,26-43,45,47-51,53,55-59H2,1-2H3,(H,78,83)/b17-15-,20-18+,22-21-,25-24-,46-44+,54-52+. The van der Waals surface area contributed by atoms with E-state index in [9.17, 15) is 61.0 Å². The maximum Gasteiger partial charge on any atom is 0.220 e. The molecule has 0 aromatic heterocycles. The first kappa shape index (κ1) is 87.4. The number of carbonyl (C=O) groups is 1. The number of hydrogen-bond donors (Lipinski definition) is 12. The number of aliphatic hydroxyl groups is 11. The Morgan fingerprint density at radius 3 is 1.11 bits per heavy atom. The summed E-state index contributed by atoms with van der Waals surface area (Å²) >= 11 is 0. The van der Waals surface area contributed by atoms with E-state index in [1.165, 1.54) is 186 Å². The minimum atomic E-state index is -1.98. The minimum Gasteiger partial charge on any atom is -0.394 e. The Hall–Kier alpha value is -2.77. The van der Waals surface area contributed by atoms with E-state index in [0.717, 1.165) is 57.8 Å². The van der Waals surface area contributed by atoms with Crippen LogP contribution in [0.1, 0.15) is 277 Å². The lowest BCUT2D eigenvalue weighted by atomic mass is 9.96. The van der Waals surface area contributed by atoms with E-state index in [1.54, 1.807) is 6.08 Å². The molecule has 19 heteroatoms. The van der Waals surface area contributed by atoms with Crippen LogP contribution in [-0.4, -0.2) is 193 Å². The third-order valence-electron chi connectivity index (χ3n) is 18.7. The second-order valence-electron chi connectivity index (χ2n) is 27.1. The maximum atomic E-state index is 13.4. The van der Waals surface area contributed by atoms with E-state index >= 15 is 0 Å². The Kier molecular flexibility index (Phi) is 52.7. The minimum absolute atomic E-state index is 0.232. The molecule has 0 aromatic carbocycles. The lowest BCUT2D eigenvalue weighted by Gasteiger charge is -2.48. The first-order chi connectivity index (χ1) is 46.8. The molecule has 1 amide bonds. The monoisotopic (exact) mass is 1360 g/mol. The molecule has 17 unspecified atom stereocenters. The Labute approximate surface area is 578 Å². The molecule has 0 spiro atoms. The van der Waals surface area contributed by atoms with Crippen LogP contribution < -0.4 is 5.32 Å². The zero-order chi connectivity index (χ0) is 69.6. The highest BCUT2D eigenvalue weighted by Gasteiger charge is 2.53. The molecule has 0 radical (unpaired) electrons. The lowest BCUT2D eigenvalue weighted by molar-refractivity contribution is -0.379.